The van der Waals surface area contributed by atoms with E-state index in [-0.39, 0.29) is 42.4 Å². The van der Waals surface area contributed by atoms with Crippen LogP contribution in [0.15, 0.2) is 83.4 Å². The highest BCUT2D eigenvalue weighted by atomic mass is 16.7. The Morgan fingerprint density at radius 1 is 1.00 bits per heavy atom. The molecule has 6 rings (SSSR count). The SMILES string of the molecule is O=C(NC(CCO)c1ccccc1)c1noc(-c2ccc3c(c2)OCO3)c1C(=O)N1CCC1c1ccccc1. The highest BCUT2D eigenvalue weighted by Crippen LogP contribution is 2.40. The van der Waals surface area contributed by atoms with Gasteiger partial charge in [-0.2, -0.15) is 0 Å². The third-order valence-electron chi connectivity index (χ3n) is 7.15. The van der Waals surface area contributed by atoms with E-state index >= 15 is 0 Å². The summed E-state index contributed by atoms with van der Waals surface area (Å²) in [6, 6.07) is 23.8. The number of rotatable bonds is 8. The zero-order valence-corrected chi connectivity index (χ0v) is 21.1. The van der Waals surface area contributed by atoms with Crippen molar-refractivity contribution in [1.29, 1.82) is 0 Å². The molecule has 9 heteroatoms. The fourth-order valence-electron chi connectivity index (χ4n) is 5.04. The molecule has 39 heavy (non-hydrogen) atoms. The number of hydrogen-bond acceptors (Lipinski definition) is 7. The number of amides is 2. The normalized spacial score (nSPS) is 16.4. The van der Waals surface area contributed by atoms with Crippen molar-refractivity contribution < 1.29 is 28.7 Å². The molecule has 0 radical (unpaired) electrons. The zero-order chi connectivity index (χ0) is 26.8. The van der Waals surface area contributed by atoms with Crippen LogP contribution < -0.4 is 14.8 Å². The van der Waals surface area contributed by atoms with E-state index in [9.17, 15) is 14.7 Å². The lowest BCUT2D eigenvalue weighted by molar-refractivity contribution is 0.0458. The number of nitrogens with zero attached hydrogens (tertiary/aromatic N) is 2. The van der Waals surface area contributed by atoms with E-state index in [0.29, 0.717) is 30.0 Å². The van der Waals surface area contributed by atoms with Crippen molar-refractivity contribution >= 4 is 11.8 Å². The number of hydrogen-bond donors (Lipinski definition) is 2. The maximum Gasteiger partial charge on any atom is 0.274 e. The van der Waals surface area contributed by atoms with E-state index in [0.717, 1.165) is 17.5 Å². The summed E-state index contributed by atoms with van der Waals surface area (Å²) < 4.78 is 16.6. The second-order valence-corrected chi connectivity index (χ2v) is 9.47. The van der Waals surface area contributed by atoms with Gasteiger partial charge in [0.05, 0.1) is 12.1 Å². The molecular formula is C30H27N3O6. The van der Waals surface area contributed by atoms with Crippen LogP contribution in [0.4, 0.5) is 0 Å². The minimum Gasteiger partial charge on any atom is -0.454 e. The van der Waals surface area contributed by atoms with Crippen LogP contribution in [-0.4, -0.2) is 46.9 Å². The fraction of sp³-hybridized carbons (Fsp3) is 0.233. The molecule has 0 bridgehead atoms. The average molecular weight is 526 g/mol. The molecule has 1 aromatic heterocycles. The largest absolute Gasteiger partial charge is 0.454 e. The van der Waals surface area contributed by atoms with E-state index in [2.05, 4.69) is 10.5 Å². The van der Waals surface area contributed by atoms with Crippen LogP contribution >= 0.6 is 0 Å². The molecule has 9 nitrogen and oxygen atoms in total. The van der Waals surface area contributed by atoms with Gasteiger partial charge in [0.25, 0.3) is 11.8 Å². The van der Waals surface area contributed by atoms with Crippen LogP contribution in [-0.2, 0) is 0 Å². The lowest BCUT2D eigenvalue weighted by atomic mass is 9.93. The molecule has 0 spiro atoms. The zero-order valence-electron chi connectivity index (χ0n) is 21.1. The number of fused-ring (bicyclic) bond motifs is 1. The Hall–Kier alpha value is -4.63. The average Bonchev–Trinajstić information content (AvgIpc) is 3.60. The van der Waals surface area contributed by atoms with Crippen LogP contribution in [0.2, 0.25) is 0 Å². The Morgan fingerprint density at radius 3 is 2.46 bits per heavy atom. The molecule has 3 heterocycles. The van der Waals surface area contributed by atoms with Gasteiger partial charge in [-0.25, -0.2) is 0 Å². The van der Waals surface area contributed by atoms with Gasteiger partial charge < -0.3 is 29.3 Å². The van der Waals surface area contributed by atoms with Crippen molar-refractivity contribution in [3.63, 3.8) is 0 Å². The first-order valence-corrected chi connectivity index (χ1v) is 12.9. The van der Waals surface area contributed by atoms with Crippen LogP contribution in [0, 0.1) is 0 Å². The smallest absolute Gasteiger partial charge is 0.274 e. The van der Waals surface area contributed by atoms with Gasteiger partial charge >= 0.3 is 0 Å². The fourth-order valence-corrected chi connectivity index (χ4v) is 5.04. The topological polar surface area (TPSA) is 114 Å². The van der Waals surface area contributed by atoms with Crippen molar-refractivity contribution in [2.24, 2.45) is 0 Å². The van der Waals surface area contributed by atoms with Crippen LogP contribution in [0.5, 0.6) is 11.5 Å². The minimum absolute atomic E-state index is 0.0859. The Bertz CT molecular complexity index is 1490. The van der Waals surface area contributed by atoms with Crippen molar-refractivity contribution in [2.45, 2.75) is 24.9 Å². The van der Waals surface area contributed by atoms with Crippen molar-refractivity contribution in [2.75, 3.05) is 19.9 Å². The maximum absolute atomic E-state index is 14.1. The first-order chi connectivity index (χ1) is 19.1. The minimum atomic E-state index is -0.562. The predicted molar refractivity (Wildman–Crippen MR) is 141 cm³/mol. The van der Waals surface area contributed by atoms with Gasteiger partial charge in [-0.1, -0.05) is 65.8 Å². The standard InChI is InChI=1S/C30H27N3O6/c34-16-14-22(19-7-3-1-4-8-19)31-29(35)27-26(30(36)33-15-13-23(33)20-9-5-2-6-10-20)28(39-32-27)21-11-12-24-25(17-21)38-18-37-24/h1-12,17,22-23,34H,13-16,18H2,(H,31,35). The van der Waals surface area contributed by atoms with Crippen LogP contribution in [0.25, 0.3) is 11.3 Å². The predicted octanol–water partition coefficient (Wildman–Crippen LogP) is 4.51. The Labute approximate surface area is 224 Å². The molecule has 3 aromatic carbocycles. The number of carbonyl (C=O) groups is 2. The number of aliphatic hydroxyl groups excluding tert-OH is 1. The summed E-state index contributed by atoms with van der Waals surface area (Å²) in [5.74, 6) is 0.388. The number of likely N-dealkylation sites (tertiary alicyclic amines) is 1. The van der Waals surface area contributed by atoms with E-state index in [4.69, 9.17) is 14.0 Å². The molecule has 4 aromatic rings. The Kier molecular flexibility index (Phi) is 6.73. The number of nitrogens with one attached hydrogen (secondary N) is 1. The third kappa shape index (κ3) is 4.72. The molecule has 0 aliphatic carbocycles. The molecular weight excluding hydrogens is 498 g/mol. The van der Waals surface area contributed by atoms with E-state index in [1.807, 2.05) is 60.7 Å². The molecule has 2 aliphatic rings. The van der Waals surface area contributed by atoms with Gasteiger partial charge in [-0.3, -0.25) is 9.59 Å². The molecule has 2 N–H and O–H groups in total. The van der Waals surface area contributed by atoms with Gasteiger partial charge in [0, 0.05) is 18.7 Å². The summed E-state index contributed by atoms with van der Waals surface area (Å²) in [7, 11) is 0. The first kappa shape index (κ1) is 24.7. The van der Waals surface area contributed by atoms with Gasteiger partial charge in [-0.05, 0) is 42.2 Å². The van der Waals surface area contributed by atoms with E-state index in [1.165, 1.54) is 0 Å². The van der Waals surface area contributed by atoms with E-state index < -0.39 is 11.9 Å². The molecule has 0 saturated carbocycles. The monoisotopic (exact) mass is 525 g/mol. The number of benzene rings is 3. The van der Waals surface area contributed by atoms with Gasteiger partial charge in [0.1, 0.15) is 5.56 Å². The highest BCUT2D eigenvalue weighted by Gasteiger charge is 2.39. The van der Waals surface area contributed by atoms with Gasteiger partial charge in [0.15, 0.2) is 23.0 Å². The third-order valence-corrected chi connectivity index (χ3v) is 7.15. The molecule has 1 saturated heterocycles. The van der Waals surface area contributed by atoms with Crippen molar-refractivity contribution in [3.8, 4) is 22.8 Å². The highest BCUT2D eigenvalue weighted by molar-refractivity contribution is 6.10. The Morgan fingerprint density at radius 2 is 1.74 bits per heavy atom. The molecule has 2 aliphatic heterocycles. The summed E-state index contributed by atoms with van der Waals surface area (Å²) >= 11 is 0. The van der Waals surface area contributed by atoms with Crippen molar-refractivity contribution in [3.05, 3.63) is 101 Å². The molecule has 2 unspecified atom stereocenters. The first-order valence-electron chi connectivity index (χ1n) is 12.9. The van der Waals surface area contributed by atoms with Crippen molar-refractivity contribution in [1.82, 2.24) is 15.4 Å². The maximum atomic E-state index is 14.1. The second kappa shape index (κ2) is 10.6. The van der Waals surface area contributed by atoms with Crippen LogP contribution in [0.3, 0.4) is 0 Å². The molecule has 2 atom stereocenters. The van der Waals surface area contributed by atoms with Gasteiger partial charge in [0.2, 0.25) is 6.79 Å². The Balaban J connectivity index is 1.37. The summed E-state index contributed by atoms with van der Waals surface area (Å²) in [4.78, 5) is 29.4. The summed E-state index contributed by atoms with van der Waals surface area (Å²) in [5.41, 5.74) is 2.38. The summed E-state index contributed by atoms with van der Waals surface area (Å²) in [6.07, 6.45) is 1.11. The van der Waals surface area contributed by atoms with Crippen LogP contribution in [0.1, 0.15) is 56.9 Å². The number of aromatic nitrogens is 1. The summed E-state index contributed by atoms with van der Waals surface area (Å²) in [5, 5.41) is 16.7. The second-order valence-electron chi connectivity index (χ2n) is 9.47. The van der Waals surface area contributed by atoms with E-state index in [1.54, 1.807) is 23.1 Å². The number of ether oxygens (including phenoxy) is 2. The lowest BCUT2D eigenvalue weighted by Gasteiger charge is -2.41. The number of aliphatic hydroxyl groups is 1. The number of carbonyl (C=O) groups excluding carboxylic acids is 2. The lowest BCUT2D eigenvalue weighted by Crippen LogP contribution is -2.45. The quantitative estimate of drug-likeness (QED) is 0.348. The molecule has 2 amide bonds. The summed E-state index contributed by atoms with van der Waals surface area (Å²) in [6.45, 7) is 0.523. The molecule has 198 valence electrons. The molecule has 1 fully saturated rings. The van der Waals surface area contributed by atoms with Gasteiger partial charge in [-0.15, -0.1) is 0 Å².